The van der Waals surface area contributed by atoms with Gasteiger partial charge in [0.05, 0.1) is 13.2 Å². The van der Waals surface area contributed by atoms with Gasteiger partial charge in [0.2, 0.25) is 17.8 Å². The maximum Gasteiger partial charge on any atom is 0.232 e. The summed E-state index contributed by atoms with van der Waals surface area (Å²) in [5.74, 6) is 2.08. The first-order valence-electron chi connectivity index (χ1n) is 7.44. The van der Waals surface area contributed by atoms with E-state index >= 15 is 0 Å². The first-order chi connectivity index (χ1) is 9.85. The maximum absolute atomic E-state index is 5.38. The normalized spacial score (nSPS) is 18.9. The molecule has 0 spiro atoms. The van der Waals surface area contributed by atoms with Crippen molar-refractivity contribution in [2.75, 3.05) is 48.4 Å². The van der Waals surface area contributed by atoms with Gasteiger partial charge >= 0.3 is 0 Å². The highest BCUT2D eigenvalue weighted by molar-refractivity contribution is 5.44. The molecule has 2 heterocycles. The van der Waals surface area contributed by atoms with Gasteiger partial charge in [-0.3, -0.25) is 0 Å². The summed E-state index contributed by atoms with van der Waals surface area (Å²) in [4.78, 5) is 15.7. The Bertz CT molecular complexity index is 444. The number of nitrogens with zero attached hydrogens (tertiary/aromatic N) is 4. The van der Waals surface area contributed by atoms with E-state index in [-0.39, 0.29) is 0 Å². The predicted octanol–water partition coefficient (Wildman–Crippen LogP) is 1.10. The highest BCUT2D eigenvalue weighted by atomic mass is 16.5. The van der Waals surface area contributed by atoms with E-state index in [1.165, 1.54) is 12.8 Å². The van der Waals surface area contributed by atoms with Gasteiger partial charge in [-0.1, -0.05) is 6.92 Å². The SMILES string of the molecule is CCCNc1nc(NC2CC2)nc(N2CCOCC2)n1. The molecule has 1 saturated carbocycles. The fourth-order valence-corrected chi connectivity index (χ4v) is 2.06. The zero-order valence-corrected chi connectivity index (χ0v) is 11.9. The minimum Gasteiger partial charge on any atom is -0.378 e. The van der Waals surface area contributed by atoms with Gasteiger partial charge in [-0.25, -0.2) is 0 Å². The molecule has 0 unspecified atom stereocenters. The third-order valence-electron chi connectivity index (χ3n) is 3.36. The third-order valence-corrected chi connectivity index (χ3v) is 3.36. The number of morpholine rings is 1. The molecule has 1 aliphatic carbocycles. The van der Waals surface area contributed by atoms with Gasteiger partial charge in [0.15, 0.2) is 0 Å². The zero-order valence-electron chi connectivity index (χ0n) is 11.9. The second-order valence-electron chi connectivity index (χ2n) is 5.23. The van der Waals surface area contributed by atoms with Gasteiger partial charge in [-0.15, -0.1) is 0 Å². The molecule has 2 N–H and O–H groups in total. The summed E-state index contributed by atoms with van der Waals surface area (Å²) in [6.45, 7) is 6.12. The summed E-state index contributed by atoms with van der Waals surface area (Å²) in [7, 11) is 0. The van der Waals surface area contributed by atoms with Crippen LogP contribution < -0.4 is 15.5 Å². The number of hydrogen-bond donors (Lipinski definition) is 2. The smallest absolute Gasteiger partial charge is 0.232 e. The van der Waals surface area contributed by atoms with Crippen molar-refractivity contribution in [3.05, 3.63) is 0 Å². The van der Waals surface area contributed by atoms with Crippen LogP contribution in [0, 0.1) is 0 Å². The maximum atomic E-state index is 5.38. The highest BCUT2D eigenvalue weighted by Gasteiger charge is 2.23. The predicted molar refractivity (Wildman–Crippen MR) is 78.3 cm³/mol. The van der Waals surface area contributed by atoms with Gasteiger partial charge in [0.25, 0.3) is 0 Å². The van der Waals surface area contributed by atoms with Crippen molar-refractivity contribution < 1.29 is 4.74 Å². The molecule has 0 radical (unpaired) electrons. The van der Waals surface area contributed by atoms with Gasteiger partial charge in [-0.2, -0.15) is 15.0 Å². The molecule has 1 aliphatic heterocycles. The molecule has 0 bridgehead atoms. The lowest BCUT2D eigenvalue weighted by Crippen LogP contribution is -2.37. The Labute approximate surface area is 119 Å². The zero-order chi connectivity index (χ0) is 13.8. The van der Waals surface area contributed by atoms with Gasteiger partial charge in [0, 0.05) is 25.7 Å². The van der Waals surface area contributed by atoms with E-state index < -0.39 is 0 Å². The Morgan fingerprint density at radius 1 is 1.15 bits per heavy atom. The van der Waals surface area contributed by atoms with Crippen molar-refractivity contribution in [2.45, 2.75) is 32.2 Å². The summed E-state index contributed by atoms with van der Waals surface area (Å²) in [5.41, 5.74) is 0. The molecular formula is C13H22N6O. The van der Waals surface area contributed by atoms with Crippen LogP contribution in [-0.4, -0.2) is 53.8 Å². The molecule has 2 fully saturated rings. The average molecular weight is 278 g/mol. The molecule has 110 valence electrons. The molecule has 0 amide bonds. The highest BCUT2D eigenvalue weighted by Crippen LogP contribution is 2.24. The summed E-state index contributed by atoms with van der Waals surface area (Å²) in [6.07, 6.45) is 3.45. The standard InChI is InChI=1S/C13H22N6O/c1-2-5-14-11-16-12(15-10-3-4-10)18-13(17-11)19-6-8-20-9-7-19/h10H,2-9H2,1H3,(H2,14,15,16,17,18). The van der Waals surface area contributed by atoms with E-state index in [1.807, 2.05) is 0 Å². The minimum atomic E-state index is 0.536. The van der Waals surface area contributed by atoms with Crippen molar-refractivity contribution in [3.63, 3.8) is 0 Å². The van der Waals surface area contributed by atoms with Gasteiger partial charge in [0.1, 0.15) is 0 Å². The van der Waals surface area contributed by atoms with Crippen LogP contribution in [-0.2, 0) is 4.74 Å². The summed E-state index contributed by atoms with van der Waals surface area (Å²) >= 11 is 0. The second-order valence-corrected chi connectivity index (χ2v) is 5.23. The Morgan fingerprint density at radius 2 is 1.90 bits per heavy atom. The first-order valence-corrected chi connectivity index (χ1v) is 7.44. The van der Waals surface area contributed by atoms with E-state index in [1.54, 1.807) is 0 Å². The molecule has 1 aromatic rings. The number of rotatable bonds is 6. The summed E-state index contributed by atoms with van der Waals surface area (Å²) in [5, 5.41) is 6.60. The number of nitrogens with one attached hydrogen (secondary N) is 2. The fourth-order valence-electron chi connectivity index (χ4n) is 2.06. The molecular weight excluding hydrogens is 256 g/mol. The quantitative estimate of drug-likeness (QED) is 0.807. The van der Waals surface area contributed by atoms with Crippen LogP contribution in [0.25, 0.3) is 0 Å². The molecule has 7 heteroatoms. The molecule has 2 aliphatic rings. The lowest BCUT2D eigenvalue weighted by molar-refractivity contribution is 0.122. The van der Waals surface area contributed by atoms with Crippen LogP contribution in [0.1, 0.15) is 26.2 Å². The van der Waals surface area contributed by atoms with Crippen molar-refractivity contribution in [2.24, 2.45) is 0 Å². The Morgan fingerprint density at radius 3 is 2.60 bits per heavy atom. The Hall–Kier alpha value is -1.63. The third kappa shape index (κ3) is 3.47. The number of hydrogen-bond acceptors (Lipinski definition) is 7. The van der Waals surface area contributed by atoms with Crippen molar-refractivity contribution in [1.82, 2.24) is 15.0 Å². The lowest BCUT2D eigenvalue weighted by Gasteiger charge is -2.27. The lowest BCUT2D eigenvalue weighted by atomic mass is 10.4. The molecule has 3 rings (SSSR count). The van der Waals surface area contributed by atoms with Crippen molar-refractivity contribution >= 4 is 17.8 Å². The molecule has 0 aromatic carbocycles. The van der Waals surface area contributed by atoms with Crippen LogP contribution in [0.15, 0.2) is 0 Å². The van der Waals surface area contributed by atoms with Crippen LogP contribution >= 0.6 is 0 Å². The van der Waals surface area contributed by atoms with E-state index in [2.05, 4.69) is 37.4 Å². The van der Waals surface area contributed by atoms with Crippen LogP contribution in [0.3, 0.4) is 0 Å². The summed E-state index contributed by atoms with van der Waals surface area (Å²) < 4.78 is 5.38. The topological polar surface area (TPSA) is 75.2 Å². The van der Waals surface area contributed by atoms with E-state index in [4.69, 9.17) is 4.74 Å². The molecule has 7 nitrogen and oxygen atoms in total. The second kappa shape index (κ2) is 6.21. The van der Waals surface area contributed by atoms with E-state index in [0.717, 1.165) is 45.2 Å². The molecule has 1 aromatic heterocycles. The van der Waals surface area contributed by atoms with Crippen LogP contribution in [0.2, 0.25) is 0 Å². The monoisotopic (exact) mass is 278 g/mol. The molecule has 0 atom stereocenters. The first kappa shape index (κ1) is 13.4. The van der Waals surface area contributed by atoms with E-state index in [0.29, 0.717) is 17.9 Å². The van der Waals surface area contributed by atoms with Gasteiger partial charge < -0.3 is 20.3 Å². The Kier molecular flexibility index (Phi) is 4.15. The van der Waals surface area contributed by atoms with Crippen molar-refractivity contribution in [3.8, 4) is 0 Å². The van der Waals surface area contributed by atoms with Crippen LogP contribution in [0.5, 0.6) is 0 Å². The van der Waals surface area contributed by atoms with Crippen molar-refractivity contribution in [1.29, 1.82) is 0 Å². The Balaban J connectivity index is 1.78. The average Bonchev–Trinajstić information content (AvgIpc) is 3.30. The van der Waals surface area contributed by atoms with E-state index in [9.17, 15) is 0 Å². The fraction of sp³-hybridized carbons (Fsp3) is 0.769. The minimum absolute atomic E-state index is 0.536. The molecule has 1 saturated heterocycles. The number of ether oxygens (including phenoxy) is 1. The van der Waals surface area contributed by atoms with Crippen LogP contribution in [0.4, 0.5) is 17.8 Å². The largest absolute Gasteiger partial charge is 0.378 e. The number of anilines is 3. The molecule has 20 heavy (non-hydrogen) atoms. The number of aromatic nitrogens is 3. The van der Waals surface area contributed by atoms with Gasteiger partial charge in [-0.05, 0) is 19.3 Å². The summed E-state index contributed by atoms with van der Waals surface area (Å²) in [6, 6.07) is 0.536.